The van der Waals surface area contributed by atoms with Crippen molar-refractivity contribution >= 4 is 20.8 Å². The summed E-state index contributed by atoms with van der Waals surface area (Å²) >= 11 is 0. The van der Waals surface area contributed by atoms with Crippen LogP contribution in [-0.4, -0.2) is 53.2 Å². The molecule has 0 bridgehead atoms. The van der Waals surface area contributed by atoms with Gasteiger partial charge in [-0.15, -0.1) is 0 Å². The van der Waals surface area contributed by atoms with E-state index in [1.165, 1.54) is 0 Å². The first-order chi connectivity index (χ1) is 12.1. The molecule has 6 heteroatoms. The van der Waals surface area contributed by atoms with Gasteiger partial charge in [-0.05, 0) is 43.3 Å². The van der Waals surface area contributed by atoms with Crippen LogP contribution in [0.4, 0.5) is 0 Å². The summed E-state index contributed by atoms with van der Waals surface area (Å²) in [5.41, 5.74) is 0. The molecule has 0 spiro atoms. The standard InChI is InChI=1S/C19H26N2O3S/c1-24-14-13-21-11-9-16(10-12-21)15-20-25(22,23)19-8-4-6-17-5-2-3-7-18(17)19/h2-8,16,20H,9-15H2,1H3. The lowest BCUT2D eigenvalue weighted by atomic mass is 9.97. The average Bonchev–Trinajstić information content (AvgIpc) is 2.65. The second-order valence-electron chi connectivity index (χ2n) is 6.61. The first-order valence-corrected chi connectivity index (χ1v) is 10.3. The second kappa shape index (κ2) is 8.27. The zero-order valence-corrected chi connectivity index (χ0v) is 15.5. The molecular formula is C19H26N2O3S. The maximum atomic E-state index is 12.8. The largest absolute Gasteiger partial charge is 0.383 e. The molecule has 0 aromatic heterocycles. The van der Waals surface area contributed by atoms with E-state index in [0.29, 0.717) is 17.4 Å². The molecule has 136 valence electrons. The fraction of sp³-hybridized carbons (Fsp3) is 0.474. The van der Waals surface area contributed by atoms with Crippen molar-refractivity contribution in [3.8, 4) is 0 Å². The van der Waals surface area contributed by atoms with Crippen molar-refractivity contribution in [3.63, 3.8) is 0 Å². The Labute approximate surface area is 150 Å². The number of sulfonamides is 1. The molecule has 1 N–H and O–H groups in total. The molecule has 0 radical (unpaired) electrons. The summed E-state index contributed by atoms with van der Waals surface area (Å²) in [5.74, 6) is 0.392. The summed E-state index contributed by atoms with van der Waals surface area (Å²) < 4.78 is 33.5. The third kappa shape index (κ3) is 4.58. The molecule has 0 atom stereocenters. The lowest BCUT2D eigenvalue weighted by molar-refractivity contribution is 0.121. The Balaban J connectivity index is 1.61. The number of hydrogen-bond donors (Lipinski definition) is 1. The quantitative estimate of drug-likeness (QED) is 0.822. The maximum absolute atomic E-state index is 12.8. The molecule has 0 aliphatic carbocycles. The van der Waals surface area contributed by atoms with Gasteiger partial charge < -0.3 is 9.64 Å². The Morgan fingerprint density at radius 2 is 1.84 bits per heavy atom. The van der Waals surface area contributed by atoms with Crippen molar-refractivity contribution in [2.75, 3.05) is 39.9 Å². The van der Waals surface area contributed by atoms with E-state index in [1.807, 2.05) is 30.3 Å². The zero-order valence-electron chi connectivity index (χ0n) is 14.6. The fourth-order valence-corrected chi connectivity index (χ4v) is 4.71. The Bertz CT molecular complexity index is 794. The first-order valence-electron chi connectivity index (χ1n) is 8.79. The summed E-state index contributed by atoms with van der Waals surface area (Å²) in [6.07, 6.45) is 2.03. The molecule has 25 heavy (non-hydrogen) atoms. The maximum Gasteiger partial charge on any atom is 0.241 e. The van der Waals surface area contributed by atoms with Gasteiger partial charge in [-0.2, -0.15) is 0 Å². The summed E-state index contributed by atoms with van der Waals surface area (Å²) in [7, 11) is -1.78. The number of piperidine rings is 1. The highest BCUT2D eigenvalue weighted by atomic mass is 32.2. The molecule has 0 amide bonds. The minimum absolute atomic E-state index is 0.364. The van der Waals surface area contributed by atoms with E-state index in [9.17, 15) is 8.42 Å². The topological polar surface area (TPSA) is 58.6 Å². The van der Waals surface area contributed by atoms with Gasteiger partial charge in [0.15, 0.2) is 0 Å². The first kappa shape index (κ1) is 18.3. The molecule has 2 aromatic carbocycles. The van der Waals surface area contributed by atoms with Crippen LogP contribution in [0.3, 0.4) is 0 Å². The van der Waals surface area contributed by atoms with Gasteiger partial charge in [-0.25, -0.2) is 13.1 Å². The normalized spacial score (nSPS) is 17.2. The van der Waals surface area contributed by atoms with E-state index in [0.717, 1.165) is 49.9 Å². The number of benzene rings is 2. The molecule has 3 rings (SSSR count). The van der Waals surface area contributed by atoms with Gasteiger partial charge >= 0.3 is 0 Å². The molecule has 0 saturated carbocycles. The number of methoxy groups -OCH3 is 1. The smallest absolute Gasteiger partial charge is 0.241 e. The van der Waals surface area contributed by atoms with E-state index < -0.39 is 10.0 Å². The van der Waals surface area contributed by atoms with Gasteiger partial charge in [0.25, 0.3) is 0 Å². The second-order valence-corrected chi connectivity index (χ2v) is 8.34. The monoisotopic (exact) mass is 362 g/mol. The molecule has 1 fully saturated rings. The number of fused-ring (bicyclic) bond motifs is 1. The van der Waals surface area contributed by atoms with E-state index in [2.05, 4.69) is 9.62 Å². The summed E-state index contributed by atoms with van der Waals surface area (Å²) in [6, 6.07) is 13.0. The number of nitrogens with one attached hydrogen (secondary N) is 1. The van der Waals surface area contributed by atoms with Crippen molar-refractivity contribution < 1.29 is 13.2 Å². The highest BCUT2D eigenvalue weighted by molar-refractivity contribution is 7.89. The summed E-state index contributed by atoms with van der Waals surface area (Å²) in [4.78, 5) is 2.74. The highest BCUT2D eigenvalue weighted by Gasteiger charge is 2.22. The third-order valence-corrected chi connectivity index (χ3v) is 6.40. The van der Waals surface area contributed by atoms with Crippen LogP contribution in [0.25, 0.3) is 10.8 Å². The summed E-state index contributed by atoms with van der Waals surface area (Å²) in [6.45, 7) is 4.21. The third-order valence-electron chi connectivity index (χ3n) is 4.92. The predicted octanol–water partition coefficient (Wildman–Crippen LogP) is 2.48. The lowest BCUT2D eigenvalue weighted by Gasteiger charge is -2.31. The van der Waals surface area contributed by atoms with Crippen LogP contribution in [0.2, 0.25) is 0 Å². The Kier molecular flexibility index (Phi) is 6.06. The van der Waals surface area contributed by atoms with Crippen LogP contribution in [-0.2, 0) is 14.8 Å². The highest BCUT2D eigenvalue weighted by Crippen LogP contribution is 2.23. The molecule has 1 aliphatic rings. The molecule has 1 heterocycles. The molecule has 1 saturated heterocycles. The molecule has 1 aliphatic heterocycles. The van der Waals surface area contributed by atoms with E-state index >= 15 is 0 Å². The Morgan fingerprint density at radius 3 is 2.60 bits per heavy atom. The van der Waals surface area contributed by atoms with Crippen LogP contribution in [0.15, 0.2) is 47.4 Å². The predicted molar refractivity (Wildman–Crippen MR) is 100 cm³/mol. The van der Waals surface area contributed by atoms with Gasteiger partial charge in [-0.3, -0.25) is 0 Å². The molecule has 2 aromatic rings. The zero-order chi connectivity index (χ0) is 17.7. The minimum Gasteiger partial charge on any atom is -0.383 e. The number of rotatable bonds is 7. The van der Waals surface area contributed by atoms with Gasteiger partial charge in [0.2, 0.25) is 10.0 Å². The van der Waals surface area contributed by atoms with Crippen molar-refractivity contribution in [1.82, 2.24) is 9.62 Å². The van der Waals surface area contributed by atoms with E-state index in [4.69, 9.17) is 4.74 Å². The lowest BCUT2D eigenvalue weighted by Crippen LogP contribution is -2.39. The van der Waals surface area contributed by atoms with Gasteiger partial charge in [0, 0.05) is 25.6 Å². The van der Waals surface area contributed by atoms with Gasteiger partial charge in [-0.1, -0.05) is 36.4 Å². The minimum atomic E-state index is -3.50. The Hall–Kier alpha value is -1.47. The number of hydrogen-bond acceptors (Lipinski definition) is 4. The number of ether oxygens (including phenoxy) is 1. The number of likely N-dealkylation sites (tertiary alicyclic amines) is 1. The van der Waals surface area contributed by atoms with Crippen LogP contribution in [0.5, 0.6) is 0 Å². The van der Waals surface area contributed by atoms with Crippen LogP contribution >= 0.6 is 0 Å². The molecule has 5 nitrogen and oxygen atoms in total. The molecular weight excluding hydrogens is 336 g/mol. The SMILES string of the molecule is COCCN1CCC(CNS(=O)(=O)c2cccc3ccccc23)CC1. The molecule has 0 unspecified atom stereocenters. The Morgan fingerprint density at radius 1 is 1.12 bits per heavy atom. The van der Waals surface area contributed by atoms with Crippen LogP contribution in [0, 0.1) is 5.92 Å². The summed E-state index contributed by atoms with van der Waals surface area (Å²) in [5, 5.41) is 1.71. The number of nitrogens with zero attached hydrogens (tertiary/aromatic N) is 1. The van der Waals surface area contributed by atoms with Crippen molar-refractivity contribution in [2.45, 2.75) is 17.7 Å². The van der Waals surface area contributed by atoms with E-state index in [1.54, 1.807) is 19.2 Å². The van der Waals surface area contributed by atoms with Gasteiger partial charge in [0.1, 0.15) is 0 Å². The van der Waals surface area contributed by atoms with E-state index in [-0.39, 0.29) is 0 Å². The van der Waals surface area contributed by atoms with Crippen LogP contribution in [0.1, 0.15) is 12.8 Å². The van der Waals surface area contributed by atoms with Crippen LogP contribution < -0.4 is 4.72 Å². The van der Waals surface area contributed by atoms with Gasteiger partial charge in [0.05, 0.1) is 11.5 Å². The van der Waals surface area contributed by atoms with Crippen molar-refractivity contribution in [1.29, 1.82) is 0 Å². The van der Waals surface area contributed by atoms with Crippen molar-refractivity contribution in [2.24, 2.45) is 5.92 Å². The average molecular weight is 362 g/mol. The fourth-order valence-electron chi connectivity index (χ4n) is 3.37. The van der Waals surface area contributed by atoms with Crippen molar-refractivity contribution in [3.05, 3.63) is 42.5 Å².